The van der Waals surface area contributed by atoms with Crippen molar-refractivity contribution in [1.82, 2.24) is 24.9 Å². The summed E-state index contributed by atoms with van der Waals surface area (Å²) in [6, 6.07) is 60.0. The topological polar surface area (TPSA) is 77.6 Å². The second kappa shape index (κ2) is 13.2. The number of hydrogen-bond donors (Lipinski definition) is 0. The third-order valence-electron chi connectivity index (χ3n) is 10.2. The largest absolute Gasteiger partial charge is 0.452 e. The summed E-state index contributed by atoms with van der Waals surface area (Å²) in [5.74, 6) is 2.58. The van der Waals surface area contributed by atoms with Crippen LogP contribution in [0.4, 0.5) is 0 Å². The number of nitrogens with zero attached hydrogens (tertiary/aromatic N) is 5. The Morgan fingerprint density at radius 2 is 0.946 bits per heavy atom. The van der Waals surface area contributed by atoms with Gasteiger partial charge in [0.05, 0.1) is 0 Å². The first-order chi connectivity index (χ1) is 27.7. The minimum atomic E-state index is 0.641. The van der Waals surface area contributed by atoms with E-state index in [1.165, 1.54) is 9.40 Å². The number of benzene rings is 7. The second-order valence-electron chi connectivity index (χ2n) is 13.6. The third-order valence-corrected chi connectivity index (χ3v) is 11.3. The van der Waals surface area contributed by atoms with E-state index in [-0.39, 0.29) is 0 Å². The predicted molar refractivity (Wildman–Crippen MR) is 228 cm³/mol. The smallest absolute Gasteiger partial charge is 0.180 e. The lowest BCUT2D eigenvalue weighted by molar-refractivity contribution is 0.667. The van der Waals surface area contributed by atoms with Crippen LogP contribution in [0.5, 0.6) is 0 Å². The molecular formula is C49H29N5OS. The standard InChI is InChI=1S/C49H29N5OS/c1-4-14-30(15-5-1)46-50-43(45-44(51-46)36-22-10-11-24-39(36)55-45)35-21-12-20-33(28-35)34-26-27-40-38(29-34)42-37(23-13-25-41(42)56-40)49-53-47(31-16-6-2-7-17-31)52-48(54-49)32-18-8-3-9-19-32/h1-29H. The number of hydrogen-bond acceptors (Lipinski definition) is 7. The number of furan rings is 1. The molecule has 0 aliphatic carbocycles. The Morgan fingerprint density at radius 3 is 1.66 bits per heavy atom. The summed E-state index contributed by atoms with van der Waals surface area (Å²) in [5, 5.41) is 3.25. The number of para-hydroxylation sites is 1. The Hall–Kier alpha value is -7.35. The van der Waals surface area contributed by atoms with Crippen molar-refractivity contribution in [3.63, 3.8) is 0 Å². The molecule has 7 heteroatoms. The average Bonchev–Trinajstić information content (AvgIpc) is 3.85. The average molecular weight is 736 g/mol. The fourth-order valence-electron chi connectivity index (χ4n) is 7.47. The molecule has 0 unspecified atom stereocenters. The van der Waals surface area contributed by atoms with Gasteiger partial charge in [-0.3, -0.25) is 0 Å². The highest BCUT2D eigenvalue weighted by Gasteiger charge is 2.20. The molecule has 262 valence electrons. The van der Waals surface area contributed by atoms with Crippen molar-refractivity contribution in [2.45, 2.75) is 0 Å². The molecule has 0 saturated heterocycles. The highest BCUT2D eigenvalue weighted by Crippen LogP contribution is 2.42. The number of rotatable bonds is 6. The van der Waals surface area contributed by atoms with Crippen LogP contribution in [0.2, 0.25) is 0 Å². The minimum Gasteiger partial charge on any atom is -0.452 e. The summed E-state index contributed by atoms with van der Waals surface area (Å²) >= 11 is 1.78. The van der Waals surface area contributed by atoms with E-state index in [2.05, 4.69) is 66.7 Å². The second-order valence-corrected chi connectivity index (χ2v) is 14.7. The van der Waals surface area contributed by atoms with Crippen molar-refractivity contribution in [2.24, 2.45) is 0 Å². The molecule has 11 aromatic rings. The highest BCUT2D eigenvalue weighted by molar-refractivity contribution is 7.26. The quantitative estimate of drug-likeness (QED) is 0.169. The van der Waals surface area contributed by atoms with Crippen LogP contribution in [0.15, 0.2) is 180 Å². The molecular weight excluding hydrogens is 707 g/mol. The van der Waals surface area contributed by atoms with E-state index in [1.54, 1.807) is 11.3 Å². The Bertz CT molecular complexity index is 3190. The summed E-state index contributed by atoms with van der Waals surface area (Å²) in [5.41, 5.74) is 9.95. The van der Waals surface area contributed by atoms with Crippen LogP contribution in [0.25, 0.3) is 110 Å². The first-order valence-electron chi connectivity index (χ1n) is 18.4. The van der Waals surface area contributed by atoms with Crippen LogP contribution in [-0.2, 0) is 0 Å². The summed E-state index contributed by atoms with van der Waals surface area (Å²) in [6.07, 6.45) is 0. The van der Waals surface area contributed by atoms with Crippen LogP contribution in [0, 0.1) is 0 Å². The Morgan fingerprint density at radius 1 is 0.375 bits per heavy atom. The van der Waals surface area contributed by atoms with Crippen molar-refractivity contribution in [2.75, 3.05) is 0 Å². The van der Waals surface area contributed by atoms with Crippen LogP contribution in [0.3, 0.4) is 0 Å². The van der Waals surface area contributed by atoms with Gasteiger partial charge in [-0.15, -0.1) is 11.3 Å². The lowest BCUT2D eigenvalue weighted by Gasteiger charge is -2.10. The molecule has 0 amide bonds. The van der Waals surface area contributed by atoms with Crippen LogP contribution in [-0.4, -0.2) is 24.9 Å². The molecule has 0 bridgehead atoms. The van der Waals surface area contributed by atoms with Crippen molar-refractivity contribution < 1.29 is 4.42 Å². The summed E-state index contributed by atoms with van der Waals surface area (Å²) in [7, 11) is 0. The van der Waals surface area contributed by atoms with Crippen LogP contribution in [0.1, 0.15) is 0 Å². The van der Waals surface area contributed by atoms with Gasteiger partial charge in [-0.2, -0.15) is 0 Å². The molecule has 0 radical (unpaired) electrons. The van der Waals surface area contributed by atoms with Gasteiger partial charge in [-0.25, -0.2) is 24.9 Å². The molecule has 4 heterocycles. The van der Waals surface area contributed by atoms with Crippen molar-refractivity contribution in [3.05, 3.63) is 176 Å². The maximum Gasteiger partial charge on any atom is 0.180 e. The molecule has 6 nitrogen and oxygen atoms in total. The van der Waals surface area contributed by atoms with Gasteiger partial charge >= 0.3 is 0 Å². The van der Waals surface area contributed by atoms with E-state index in [1.807, 2.05) is 109 Å². The molecule has 0 aliphatic rings. The molecule has 0 fully saturated rings. The third kappa shape index (κ3) is 5.52. The van der Waals surface area contributed by atoms with Crippen LogP contribution >= 0.6 is 11.3 Å². The van der Waals surface area contributed by atoms with E-state index >= 15 is 0 Å². The first kappa shape index (κ1) is 32.1. The zero-order chi connectivity index (χ0) is 37.0. The monoisotopic (exact) mass is 735 g/mol. The molecule has 0 N–H and O–H groups in total. The molecule has 11 rings (SSSR count). The van der Waals surface area contributed by atoms with Gasteiger partial charge in [0.2, 0.25) is 0 Å². The van der Waals surface area contributed by atoms with Crippen molar-refractivity contribution in [3.8, 4) is 67.9 Å². The van der Waals surface area contributed by atoms with Gasteiger partial charge in [0, 0.05) is 53.4 Å². The summed E-state index contributed by atoms with van der Waals surface area (Å²) in [4.78, 5) is 25.3. The fraction of sp³-hybridized carbons (Fsp3) is 0. The Balaban J connectivity index is 1.07. The zero-order valence-electron chi connectivity index (χ0n) is 29.8. The van der Waals surface area contributed by atoms with Gasteiger partial charge in [-0.05, 0) is 47.5 Å². The van der Waals surface area contributed by atoms with E-state index in [0.29, 0.717) is 28.9 Å². The zero-order valence-corrected chi connectivity index (χ0v) is 30.6. The lowest BCUT2D eigenvalue weighted by Crippen LogP contribution is -2.00. The van der Waals surface area contributed by atoms with Gasteiger partial charge in [0.1, 0.15) is 16.8 Å². The molecule has 7 aromatic carbocycles. The summed E-state index contributed by atoms with van der Waals surface area (Å²) < 4.78 is 8.83. The molecule has 0 aliphatic heterocycles. The van der Waals surface area contributed by atoms with Gasteiger partial charge in [0.25, 0.3) is 0 Å². The van der Waals surface area contributed by atoms with Gasteiger partial charge in [-0.1, -0.05) is 140 Å². The van der Waals surface area contributed by atoms with Gasteiger partial charge < -0.3 is 4.42 Å². The lowest BCUT2D eigenvalue weighted by atomic mass is 9.98. The minimum absolute atomic E-state index is 0.641. The molecule has 0 atom stereocenters. The first-order valence-corrected chi connectivity index (χ1v) is 19.2. The maximum atomic E-state index is 6.46. The molecule has 0 saturated carbocycles. The molecule has 56 heavy (non-hydrogen) atoms. The fourth-order valence-corrected chi connectivity index (χ4v) is 8.58. The summed E-state index contributed by atoms with van der Waals surface area (Å²) in [6.45, 7) is 0. The Labute approximate surface area is 325 Å². The Kier molecular flexibility index (Phi) is 7.57. The molecule has 0 spiro atoms. The SMILES string of the molecule is c1ccc(-c2nc(-c3ccccc3)nc(-c3cccc4sc5ccc(-c6cccc(-c7nc(-c8ccccc8)nc8c7oc7ccccc78)c6)cc5c34)n2)cc1. The van der Waals surface area contributed by atoms with E-state index in [9.17, 15) is 0 Å². The van der Waals surface area contributed by atoms with Crippen molar-refractivity contribution >= 4 is 53.6 Å². The van der Waals surface area contributed by atoms with E-state index in [4.69, 9.17) is 29.3 Å². The maximum absolute atomic E-state index is 6.46. The van der Waals surface area contributed by atoms with E-state index < -0.39 is 0 Å². The number of aromatic nitrogens is 5. The number of fused-ring (bicyclic) bond motifs is 6. The number of thiophene rings is 1. The normalized spacial score (nSPS) is 11.6. The predicted octanol–water partition coefficient (Wildman–Crippen LogP) is 12.9. The van der Waals surface area contributed by atoms with Gasteiger partial charge in [0.15, 0.2) is 28.9 Å². The highest BCUT2D eigenvalue weighted by atomic mass is 32.1. The van der Waals surface area contributed by atoms with Crippen molar-refractivity contribution in [1.29, 1.82) is 0 Å². The molecule has 4 aromatic heterocycles. The van der Waals surface area contributed by atoms with Crippen LogP contribution < -0.4 is 0 Å². The van der Waals surface area contributed by atoms with E-state index in [0.717, 1.165) is 71.9 Å².